The topological polar surface area (TPSA) is 120 Å². The van der Waals surface area contributed by atoms with Crippen molar-refractivity contribution in [2.45, 2.75) is 45.5 Å². The van der Waals surface area contributed by atoms with Crippen LogP contribution in [-0.2, 0) is 28.6 Å². The van der Waals surface area contributed by atoms with Gasteiger partial charge in [0.1, 0.15) is 18.9 Å². The van der Waals surface area contributed by atoms with E-state index in [1.807, 2.05) is 5.32 Å². The summed E-state index contributed by atoms with van der Waals surface area (Å²) in [5.74, 6) is -2.83. The van der Waals surface area contributed by atoms with Gasteiger partial charge in [-0.2, -0.15) is 0 Å². The van der Waals surface area contributed by atoms with E-state index in [0.717, 1.165) is 6.26 Å². The van der Waals surface area contributed by atoms with E-state index in [2.05, 4.69) is 10.1 Å². The van der Waals surface area contributed by atoms with Crippen LogP contribution in [0.25, 0.3) is 0 Å². The van der Waals surface area contributed by atoms with Crippen LogP contribution in [0, 0.1) is 5.92 Å². The lowest BCUT2D eigenvalue weighted by Gasteiger charge is -2.20. The molecule has 0 saturated heterocycles. The van der Waals surface area contributed by atoms with E-state index in [-0.39, 0.29) is 18.6 Å². The van der Waals surface area contributed by atoms with Crippen LogP contribution in [0.3, 0.4) is 0 Å². The van der Waals surface area contributed by atoms with Crippen LogP contribution in [0.4, 0.5) is 9.18 Å². The molecule has 0 aromatic rings. The predicted molar refractivity (Wildman–Crippen MR) is 86.4 cm³/mol. The third-order valence-electron chi connectivity index (χ3n) is 3.75. The SMILES string of the molecule is CO/C=C(\C)C(=O)NC(=O)N[C@H]1C[C@@H](OC(C)=O)[C@@H](COC(C)=O)[C@@H]1F. The molecule has 1 fully saturated rings. The lowest BCUT2D eigenvalue weighted by Crippen LogP contribution is -2.47. The fourth-order valence-corrected chi connectivity index (χ4v) is 2.60. The highest BCUT2D eigenvalue weighted by Crippen LogP contribution is 2.32. The molecule has 26 heavy (non-hydrogen) atoms. The number of hydrogen-bond acceptors (Lipinski definition) is 7. The highest BCUT2D eigenvalue weighted by atomic mass is 19.1. The molecule has 0 heterocycles. The standard InChI is InChI=1S/C16H23FN2O7/c1-8(6-24-4)15(22)19-16(23)18-12-5-13(26-10(3)21)11(14(12)17)7-25-9(2)20/h6,11-14H,5,7H2,1-4H3,(H2,18,19,22,23)/b8-6+/t11-,12+,13-,14+/m1/s1. The molecule has 0 unspecified atom stereocenters. The molecule has 0 bridgehead atoms. The monoisotopic (exact) mass is 374 g/mol. The molecule has 2 N–H and O–H groups in total. The Kier molecular flexibility index (Phi) is 8.01. The van der Waals surface area contributed by atoms with Gasteiger partial charge in [0.2, 0.25) is 0 Å². The lowest BCUT2D eigenvalue weighted by molar-refractivity contribution is -0.152. The van der Waals surface area contributed by atoms with Gasteiger partial charge < -0.3 is 19.5 Å². The number of rotatable bonds is 6. The van der Waals surface area contributed by atoms with Crippen LogP contribution in [0.15, 0.2) is 11.8 Å². The number of urea groups is 1. The summed E-state index contributed by atoms with van der Waals surface area (Å²) in [4.78, 5) is 45.7. The average Bonchev–Trinajstić information content (AvgIpc) is 2.79. The van der Waals surface area contributed by atoms with Gasteiger partial charge in [-0.3, -0.25) is 19.7 Å². The summed E-state index contributed by atoms with van der Waals surface area (Å²) < 4.78 is 29.2. The normalized spacial score (nSPS) is 25.2. The molecule has 9 nitrogen and oxygen atoms in total. The summed E-state index contributed by atoms with van der Waals surface area (Å²) >= 11 is 0. The van der Waals surface area contributed by atoms with Crippen LogP contribution < -0.4 is 10.6 Å². The summed E-state index contributed by atoms with van der Waals surface area (Å²) in [6.45, 7) is 3.50. The smallest absolute Gasteiger partial charge is 0.322 e. The van der Waals surface area contributed by atoms with Gasteiger partial charge in [-0.05, 0) is 6.92 Å². The van der Waals surface area contributed by atoms with E-state index in [4.69, 9.17) is 9.47 Å². The van der Waals surface area contributed by atoms with Crippen LogP contribution in [0.2, 0.25) is 0 Å². The zero-order valence-corrected chi connectivity index (χ0v) is 15.0. The Morgan fingerprint density at radius 1 is 1.15 bits per heavy atom. The third-order valence-corrected chi connectivity index (χ3v) is 3.75. The van der Waals surface area contributed by atoms with Crippen molar-refractivity contribution in [2.75, 3.05) is 13.7 Å². The van der Waals surface area contributed by atoms with Gasteiger partial charge >= 0.3 is 18.0 Å². The molecule has 1 aliphatic carbocycles. The first kappa shape index (κ1) is 21.4. The van der Waals surface area contributed by atoms with Crippen molar-refractivity contribution in [2.24, 2.45) is 5.92 Å². The molecule has 1 saturated carbocycles. The second-order valence-electron chi connectivity index (χ2n) is 5.87. The summed E-state index contributed by atoms with van der Waals surface area (Å²) in [6, 6.07) is -1.92. The number of imide groups is 1. The van der Waals surface area contributed by atoms with Crippen LogP contribution in [0.1, 0.15) is 27.2 Å². The zero-order valence-electron chi connectivity index (χ0n) is 15.0. The molecule has 0 aromatic heterocycles. The van der Waals surface area contributed by atoms with Crippen molar-refractivity contribution >= 4 is 23.9 Å². The van der Waals surface area contributed by atoms with Crippen LogP contribution in [-0.4, -0.2) is 55.9 Å². The van der Waals surface area contributed by atoms with Crippen molar-refractivity contribution in [1.82, 2.24) is 10.6 Å². The van der Waals surface area contributed by atoms with E-state index in [1.54, 1.807) is 0 Å². The van der Waals surface area contributed by atoms with E-state index in [9.17, 15) is 23.6 Å². The number of methoxy groups -OCH3 is 1. The molecule has 3 amide bonds. The molecule has 1 rings (SSSR count). The maximum Gasteiger partial charge on any atom is 0.322 e. The molecular weight excluding hydrogens is 351 g/mol. The second kappa shape index (κ2) is 9.73. The Morgan fingerprint density at radius 2 is 1.81 bits per heavy atom. The highest BCUT2D eigenvalue weighted by molar-refractivity contribution is 6.03. The van der Waals surface area contributed by atoms with Crippen LogP contribution >= 0.6 is 0 Å². The average molecular weight is 374 g/mol. The Labute approximate surface area is 150 Å². The van der Waals surface area contributed by atoms with E-state index in [1.165, 1.54) is 27.9 Å². The van der Waals surface area contributed by atoms with Crippen molar-refractivity contribution in [3.8, 4) is 0 Å². The third kappa shape index (κ3) is 6.34. The largest absolute Gasteiger partial charge is 0.504 e. The number of carbonyl (C=O) groups excluding carboxylic acids is 4. The minimum absolute atomic E-state index is 0.0127. The Morgan fingerprint density at radius 3 is 2.35 bits per heavy atom. The van der Waals surface area contributed by atoms with Crippen molar-refractivity contribution in [3.63, 3.8) is 0 Å². The fraction of sp³-hybridized carbons (Fsp3) is 0.625. The fourth-order valence-electron chi connectivity index (χ4n) is 2.60. The Bertz CT molecular complexity index is 593. The summed E-state index contributed by atoms with van der Waals surface area (Å²) in [6.07, 6.45) is -1.35. The van der Waals surface area contributed by atoms with Gasteiger partial charge in [0.05, 0.1) is 25.3 Å². The number of halogens is 1. The van der Waals surface area contributed by atoms with Crippen LogP contribution in [0.5, 0.6) is 0 Å². The molecule has 0 aromatic carbocycles. The quantitative estimate of drug-likeness (QED) is 0.396. The number of alkyl halides is 1. The Hall–Kier alpha value is -2.65. The van der Waals surface area contributed by atoms with Crippen molar-refractivity contribution < 1.29 is 37.8 Å². The van der Waals surface area contributed by atoms with E-state index in [0.29, 0.717) is 0 Å². The van der Waals surface area contributed by atoms with Gasteiger partial charge in [-0.25, -0.2) is 9.18 Å². The number of esters is 2. The van der Waals surface area contributed by atoms with E-state index >= 15 is 0 Å². The maximum absolute atomic E-state index is 14.6. The molecule has 0 aliphatic heterocycles. The first-order valence-corrected chi connectivity index (χ1v) is 7.91. The Balaban J connectivity index is 2.72. The first-order chi connectivity index (χ1) is 12.1. The number of nitrogens with one attached hydrogen (secondary N) is 2. The minimum atomic E-state index is -1.63. The summed E-state index contributed by atoms with van der Waals surface area (Å²) in [7, 11) is 1.35. The van der Waals surface area contributed by atoms with Gasteiger partial charge in [-0.1, -0.05) is 0 Å². The van der Waals surface area contributed by atoms with Crippen molar-refractivity contribution in [3.05, 3.63) is 11.8 Å². The summed E-state index contributed by atoms with van der Waals surface area (Å²) in [5, 5.41) is 4.37. The molecule has 0 radical (unpaired) electrons. The molecule has 146 valence electrons. The van der Waals surface area contributed by atoms with Gasteiger partial charge in [0.15, 0.2) is 0 Å². The number of carbonyl (C=O) groups is 4. The number of ether oxygens (including phenoxy) is 3. The van der Waals surface area contributed by atoms with Crippen molar-refractivity contribution in [1.29, 1.82) is 0 Å². The molecule has 4 atom stereocenters. The van der Waals surface area contributed by atoms with Gasteiger partial charge in [0.25, 0.3) is 5.91 Å². The van der Waals surface area contributed by atoms with Gasteiger partial charge in [-0.15, -0.1) is 0 Å². The second-order valence-corrected chi connectivity index (χ2v) is 5.87. The predicted octanol–water partition coefficient (Wildman–Crippen LogP) is 0.584. The molecule has 0 spiro atoms. The highest BCUT2D eigenvalue weighted by Gasteiger charge is 2.47. The zero-order chi connectivity index (χ0) is 19.9. The molecule has 1 aliphatic rings. The van der Waals surface area contributed by atoms with Gasteiger partial charge in [0, 0.05) is 25.8 Å². The first-order valence-electron chi connectivity index (χ1n) is 7.91. The maximum atomic E-state index is 14.6. The molecule has 10 heteroatoms. The summed E-state index contributed by atoms with van der Waals surface area (Å²) in [5.41, 5.74) is 0.149. The minimum Gasteiger partial charge on any atom is -0.504 e. The number of amides is 3. The number of hydrogen-bond donors (Lipinski definition) is 2. The lowest BCUT2D eigenvalue weighted by atomic mass is 10.1. The van der Waals surface area contributed by atoms with E-state index < -0.39 is 48.1 Å². The molecular formula is C16H23FN2O7.